The molecule has 1 aromatic rings. The summed E-state index contributed by atoms with van der Waals surface area (Å²) in [6, 6.07) is 5.84. The third kappa shape index (κ3) is 6.09. The summed E-state index contributed by atoms with van der Waals surface area (Å²) in [6.07, 6.45) is 7.58. The van der Waals surface area contributed by atoms with E-state index < -0.39 is 15.9 Å². The van der Waals surface area contributed by atoms with Gasteiger partial charge in [-0.15, -0.1) is 0 Å². The number of nitrogens with one attached hydrogen (secondary N) is 1. The fourth-order valence-corrected chi connectivity index (χ4v) is 3.93. The van der Waals surface area contributed by atoms with Gasteiger partial charge in [-0.1, -0.05) is 30.9 Å². The monoisotopic (exact) mass is 385 g/mol. The van der Waals surface area contributed by atoms with Crippen molar-refractivity contribution in [3.05, 3.63) is 29.3 Å². The van der Waals surface area contributed by atoms with Crippen molar-refractivity contribution in [1.82, 2.24) is 9.73 Å². The zero-order valence-electron chi connectivity index (χ0n) is 14.4. The van der Waals surface area contributed by atoms with E-state index in [-0.39, 0.29) is 11.4 Å². The van der Waals surface area contributed by atoms with E-state index in [1.54, 1.807) is 0 Å². The molecule has 1 fully saturated rings. The van der Waals surface area contributed by atoms with E-state index in [9.17, 15) is 13.2 Å². The van der Waals surface area contributed by atoms with Gasteiger partial charge in [0.1, 0.15) is 0 Å². The molecule has 1 amide bonds. The second-order valence-electron chi connectivity index (χ2n) is 6.20. The van der Waals surface area contributed by atoms with E-state index in [0.29, 0.717) is 5.02 Å². The van der Waals surface area contributed by atoms with Gasteiger partial charge in [0.15, 0.2) is 0 Å². The van der Waals surface area contributed by atoms with Crippen LogP contribution in [-0.2, 0) is 14.8 Å². The Kier molecular flexibility index (Phi) is 7.40. The minimum absolute atomic E-state index is 0.0959. The standard InChI is InChI=1S/C17H24ClN3O3S/c1-21(25(23,24)16-11-9-14(18)10-12-16)13-17(22)20-19-15-7-5-3-2-4-6-8-15/h9-12H,2-8,13H2,1H3,(H,20,22). The number of likely N-dealkylation sites (N-methyl/N-ethyl adjacent to an activating group) is 1. The maximum atomic E-state index is 12.4. The molecule has 0 unspecified atom stereocenters. The van der Waals surface area contributed by atoms with Gasteiger partial charge in [0.25, 0.3) is 5.91 Å². The van der Waals surface area contributed by atoms with Crippen LogP contribution in [0.5, 0.6) is 0 Å². The molecule has 1 N–H and O–H groups in total. The second-order valence-corrected chi connectivity index (χ2v) is 8.68. The fourth-order valence-electron chi connectivity index (χ4n) is 2.68. The van der Waals surface area contributed by atoms with Gasteiger partial charge in [-0.3, -0.25) is 4.79 Å². The molecule has 1 aromatic carbocycles. The van der Waals surface area contributed by atoms with Gasteiger partial charge in [0.2, 0.25) is 10.0 Å². The van der Waals surface area contributed by atoms with E-state index in [1.165, 1.54) is 50.6 Å². The average Bonchev–Trinajstić information content (AvgIpc) is 2.54. The van der Waals surface area contributed by atoms with E-state index in [0.717, 1.165) is 35.7 Å². The molecule has 0 atom stereocenters. The molecular formula is C17H24ClN3O3S. The summed E-state index contributed by atoms with van der Waals surface area (Å²) < 4.78 is 25.9. The number of carbonyl (C=O) groups is 1. The highest BCUT2D eigenvalue weighted by Gasteiger charge is 2.22. The number of benzene rings is 1. The average molecular weight is 386 g/mol. The van der Waals surface area contributed by atoms with Crippen LogP contribution in [0.1, 0.15) is 44.9 Å². The predicted octanol–water partition coefficient (Wildman–Crippen LogP) is 3.18. The quantitative estimate of drug-likeness (QED) is 0.790. The predicted molar refractivity (Wildman–Crippen MR) is 99.2 cm³/mol. The zero-order valence-corrected chi connectivity index (χ0v) is 15.9. The molecule has 1 aliphatic carbocycles. The Labute approximate surface area is 154 Å². The van der Waals surface area contributed by atoms with Crippen LogP contribution in [0, 0.1) is 0 Å². The normalized spacial score (nSPS) is 16.2. The van der Waals surface area contributed by atoms with Gasteiger partial charge in [-0.2, -0.15) is 9.41 Å². The Morgan fingerprint density at radius 3 is 2.28 bits per heavy atom. The number of sulfonamides is 1. The minimum atomic E-state index is -3.74. The highest BCUT2D eigenvalue weighted by Crippen LogP contribution is 2.17. The summed E-state index contributed by atoms with van der Waals surface area (Å²) in [7, 11) is -2.37. The molecule has 8 heteroatoms. The molecule has 0 bridgehead atoms. The lowest BCUT2D eigenvalue weighted by atomic mass is 9.99. The van der Waals surface area contributed by atoms with Crippen LogP contribution >= 0.6 is 11.6 Å². The Hall–Kier alpha value is -1.44. The van der Waals surface area contributed by atoms with Crippen molar-refractivity contribution in [3.8, 4) is 0 Å². The van der Waals surface area contributed by atoms with Crippen molar-refractivity contribution in [1.29, 1.82) is 0 Å². The third-order valence-electron chi connectivity index (χ3n) is 4.16. The molecule has 0 aromatic heterocycles. The number of hydrogen-bond acceptors (Lipinski definition) is 4. The topological polar surface area (TPSA) is 78.8 Å². The van der Waals surface area contributed by atoms with E-state index in [1.807, 2.05) is 0 Å². The molecule has 138 valence electrons. The minimum Gasteiger partial charge on any atom is -0.272 e. The SMILES string of the molecule is CN(CC(=O)NN=C1CCCCCCC1)S(=O)(=O)c1ccc(Cl)cc1. The molecule has 0 saturated heterocycles. The molecule has 1 aliphatic rings. The summed E-state index contributed by atoms with van der Waals surface area (Å²) >= 11 is 5.78. The van der Waals surface area contributed by atoms with Gasteiger partial charge >= 0.3 is 0 Å². The van der Waals surface area contributed by atoms with Crippen molar-refractivity contribution in [2.24, 2.45) is 5.10 Å². The number of carbonyl (C=O) groups excluding carboxylic acids is 1. The summed E-state index contributed by atoms with van der Waals surface area (Å²) in [4.78, 5) is 12.1. The fraction of sp³-hybridized carbons (Fsp3) is 0.529. The smallest absolute Gasteiger partial charge is 0.255 e. The van der Waals surface area contributed by atoms with Crippen LogP contribution in [0.25, 0.3) is 0 Å². The molecule has 0 heterocycles. The van der Waals surface area contributed by atoms with Crippen LogP contribution in [0.15, 0.2) is 34.3 Å². The first-order valence-electron chi connectivity index (χ1n) is 8.46. The van der Waals surface area contributed by atoms with E-state index in [2.05, 4.69) is 10.5 Å². The molecule has 0 spiro atoms. The first kappa shape index (κ1) is 19.9. The molecular weight excluding hydrogens is 362 g/mol. The molecule has 1 saturated carbocycles. The van der Waals surface area contributed by atoms with Crippen LogP contribution in [-0.4, -0.2) is 37.9 Å². The summed E-state index contributed by atoms with van der Waals surface area (Å²) in [5, 5.41) is 4.64. The molecule has 25 heavy (non-hydrogen) atoms. The highest BCUT2D eigenvalue weighted by molar-refractivity contribution is 7.89. The van der Waals surface area contributed by atoms with Crippen LogP contribution in [0.2, 0.25) is 5.02 Å². The van der Waals surface area contributed by atoms with Gasteiger partial charge in [-0.05, 0) is 49.9 Å². The van der Waals surface area contributed by atoms with E-state index in [4.69, 9.17) is 11.6 Å². The maximum Gasteiger partial charge on any atom is 0.255 e. The van der Waals surface area contributed by atoms with Crippen molar-refractivity contribution in [3.63, 3.8) is 0 Å². The Bertz CT molecular complexity index is 707. The second kappa shape index (κ2) is 9.31. The number of amides is 1. The van der Waals surface area contributed by atoms with Crippen LogP contribution in [0.3, 0.4) is 0 Å². The Morgan fingerprint density at radius 1 is 1.12 bits per heavy atom. The van der Waals surface area contributed by atoms with Crippen molar-refractivity contribution in [2.45, 2.75) is 49.8 Å². The van der Waals surface area contributed by atoms with Gasteiger partial charge in [-0.25, -0.2) is 13.8 Å². The first-order chi connectivity index (χ1) is 11.9. The number of rotatable bonds is 5. The number of nitrogens with zero attached hydrogens (tertiary/aromatic N) is 2. The first-order valence-corrected chi connectivity index (χ1v) is 10.3. The Morgan fingerprint density at radius 2 is 1.68 bits per heavy atom. The molecule has 6 nitrogen and oxygen atoms in total. The van der Waals surface area contributed by atoms with Crippen LogP contribution in [0.4, 0.5) is 0 Å². The van der Waals surface area contributed by atoms with Crippen molar-refractivity contribution < 1.29 is 13.2 Å². The number of hydrogen-bond donors (Lipinski definition) is 1. The lowest BCUT2D eigenvalue weighted by molar-refractivity contribution is -0.121. The lowest BCUT2D eigenvalue weighted by Gasteiger charge is -2.16. The van der Waals surface area contributed by atoms with Crippen molar-refractivity contribution >= 4 is 33.2 Å². The third-order valence-corrected chi connectivity index (χ3v) is 6.23. The van der Waals surface area contributed by atoms with Gasteiger partial charge in [0.05, 0.1) is 11.4 Å². The van der Waals surface area contributed by atoms with Crippen LogP contribution < -0.4 is 5.43 Å². The summed E-state index contributed by atoms with van der Waals surface area (Å²) in [5.74, 6) is -0.449. The van der Waals surface area contributed by atoms with Crippen molar-refractivity contribution in [2.75, 3.05) is 13.6 Å². The largest absolute Gasteiger partial charge is 0.272 e. The molecule has 0 aliphatic heterocycles. The maximum absolute atomic E-state index is 12.4. The molecule has 2 rings (SSSR count). The lowest BCUT2D eigenvalue weighted by Crippen LogP contribution is -2.37. The number of halogens is 1. The van der Waals surface area contributed by atoms with E-state index >= 15 is 0 Å². The highest BCUT2D eigenvalue weighted by atomic mass is 35.5. The Balaban J connectivity index is 1.93. The molecule has 0 radical (unpaired) electrons. The van der Waals surface area contributed by atoms with Gasteiger partial charge in [0, 0.05) is 17.8 Å². The summed E-state index contributed by atoms with van der Waals surface area (Å²) in [6.45, 7) is -0.290. The number of hydrazone groups is 1. The zero-order chi connectivity index (χ0) is 18.3. The van der Waals surface area contributed by atoms with Gasteiger partial charge < -0.3 is 0 Å². The summed E-state index contributed by atoms with van der Waals surface area (Å²) in [5.41, 5.74) is 3.47.